The smallest absolute Gasteiger partial charge is 0.208 e. The van der Waals surface area contributed by atoms with Gasteiger partial charge in [0.1, 0.15) is 16.9 Å². The van der Waals surface area contributed by atoms with Crippen LogP contribution >= 0.6 is 11.3 Å². The summed E-state index contributed by atoms with van der Waals surface area (Å²) in [5.41, 5.74) is 2.48. The molecule has 0 radical (unpaired) electrons. The molecule has 1 aromatic heterocycles. The summed E-state index contributed by atoms with van der Waals surface area (Å²) in [5, 5.41) is 9.07. The van der Waals surface area contributed by atoms with Gasteiger partial charge in [0.15, 0.2) is 0 Å². The van der Waals surface area contributed by atoms with Crippen LogP contribution < -0.4 is 9.80 Å². The number of aromatic nitrogens is 2. The van der Waals surface area contributed by atoms with Gasteiger partial charge in [0.2, 0.25) is 5.13 Å². The van der Waals surface area contributed by atoms with Crippen molar-refractivity contribution in [2.24, 2.45) is 0 Å². The normalized spacial score (nSPS) is 25.1. The van der Waals surface area contributed by atoms with Gasteiger partial charge in [-0.2, -0.15) is 0 Å². The van der Waals surface area contributed by atoms with Crippen LogP contribution in [-0.4, -0.2) is 48.6 Å². The molecule has 7 heteroatoms. The molecular weight excluding hydrogens is 315 g/mol. The zero-order chi connectivity index (χ0) is 15.7. The van der Waals surface area contributed by atoms with Gasteiger partial charge in [-0.25, -0.2) is 4.39 Å². The van der Waals surface area contributed by atoms with E-state index in [1.54, 1.807) is 29.0 Å². The Morgan fingerprint density at radius 1 is 1.22 bits per heavy atom. The van der Waals surface area contributed by atoms with Gasteiger partial charge in [-0.1, -0.05) is 17.4 Å². The SMILES string of the molecule is Fc1cccc(N2CCO[C@@]3(CCCN(c4nncs4)C3)C2)c1. The lowest BCUT2D eigenvalue weighted by Gasteiger charge is -2.48. The Kier molecular flexibility index (Phi) is 3.90. The highest BCUT2D eigenvalue weighted by molar-refractivity contribution is 7.13. The fraction of sp³-hybridized carbons (Fsp3) is 0.500. The zero-order valence-electron chi connectivity index (χ0n) is 12.8. The third-order valence-electron chi connectivity index (χ3n) is 4.58. The number of halogens is 1. The van der Waals surface area contributed by atoms with Gasteiger partial charge in [0.05, 0.1) is 13.2 Å². The van der Waals surface area contributed by atoms with Crippen molar-refractivity contribution in [3.05, 3.63) is 35.6 Å². The molecule has 0 bridgehead atoms. The lowest BCUT2D eigenvalue weighted by Crippen LogP contribution is -2.60. The van der Waals surface area contributed by atoms with E-state index in [9.17, 15) is 4.39 Å². The largest absolute Gasteiger partial charge is 0.369 e. The minimum absolute atomic E-state index is 0.192. The van der Waals surface area contributed by atoms with Gasteiger partial charge >= 0.3 is 0 Å². The average Bonchev–Trinajstić information content (AvgIpc) is 3.10. The number of hydrogen-bond donors (Lipinski definition) is 0. The van der Waals surface area contributed by atoms with E-state index >= 15 is 0 Å². The maximum Gasteiger partial charge on any atom is 0.208 e. The summed E-state index contributed by atoms with van der Waals surface area (Å²) < 4.78 is 19.7. The number of hydrogen-bond acceptors (Lipinski definition) is 6. The average molecular weight is 334 g/mol. The van der Waals surface area contributed by atoms with Crippen molar-refractivity contribution in [1.82, 2.24) is 10.2 Å². The number of ether oxygens (including phenoxy) is 1. The minimum Gasteiger partial charge on any atom is -0.369 e. The summed E-state index contributed by atoms with van der Waals surface area (Å²) in [6.07, 6.45) is 2.09. The van der Waals surface area contributed by atoms with Crippen molar-refractivity contribution in [1.29, 1.82) is 0 Å². The molecule has 0 aliphatic carbocycles. The third kappa shape index (κ3) is 3.03. The Balaban J connectivity index is 1.53. The lowest BCUT2D eigenvalue weighted by atomic mass is 9.90. The van der Waals surface area contributed by atoms with Gasteiger partial charge in [-0.15, -0.1) is 10.2 Å². The van der Waals surface area contributed by atoms with Crippen molar-refractivity contribution in [2.45, 2.75) is 18.4 Å². The molecule has 2 saturated heterocycles. The van der Waals surface area contributed by atoms with Crippen LogP contribution in [0, 0.1) is 5.82 Å². The number of benzene rings is 1. The highest BCUT2D eigenvalue weighted by Gasteiger charge is 2.41. The van der Waals surface area contributed by atoms with Gasteiger partial charge < -0.3 is 14.5 Å². The summed E-state index contributed by atoms with van der Waals surface area (Å²) in [5.74, 6) is -0.192. The molecule has 0 N–H and O–H groups in total. The second kappa shape index (κ2) is 6.05. The maximum atomic E-state index is 13.5. The molecule has 1 spiro atoms. The van der Waals surface area contributed by atoms with Crippen LogP contribution in [0.15, 0.2) is 29.8 Å². The Morgan fingerprint density at radius 3 is 2.96 bits per heavy atom. The van der Waals surface area contributed by atoms with Crippen LogP contribution in [0.4, 0.5) is 15.2 Å². The van der Waals surface area contributed by atoms with Crippen LogP contribution in [-0.2, 0) is 4.74 Å². The highest BCUT2D eigenvalue weighted by atomic mass is 32.1. The van der Waals surface area contributed by atoms with Crippen LogP contribution in [0.2, 0.25) is 0 Å². The number of rotatable bonds is 2. The maximum absolute atomic E-state index is 13.5. The molecule has 2 aliphatic heterocycles. The van der Waals surface area contributed by atoms with E-state index in [0.29, 0.717) is 6.61 Å². The van der Waals surface area contributed by atoms with Gasteiger partial charge in [-0.3, -0.25) is 0 Å². The first-order valence-corrected chi connectivity index (χ1v) is 8.78. The van der Waals surface area contributed by atoms with Crippen LogP contribution in [0.1, 0.15) is 12.8 Å². The number of anilines is 2. The summed E-state index contributed by atoms with van der Waals surface area (Å²) >= 11 is 1.56. The van der Waals surface area contributed by atoms with Crippen molar-refractivity contribution in [2.75, 3.05) is 42.6 Å². The Hall–Kier alpha value is -1.73. The van der Waals surface area contributed by atoms with E-state index in [4.69, 9.17) is 4.74 Å². The van der Waals surface area contributed by atoms with Crippen molar-refractivity contribution in [3.8, 4) is 0 Å². The van der Waals surface area contributed by atoms with Gasteiger partial charge in [0, 0.05) is 25.3 Å². The molecule has 5 nitrogen and oxygen atoms in total. The van der Waals surface area contributed by atoms with Crippen LogP contribution in [0.5, 0.6) is 0 Å². The van der Waals surface area contributed by atoms with E-state index in [0.717, 1.165) is 49.8 Å². The molecule has 0 amide bonds. The molecule has 0 saturated carbocycles. The molecule has 1 aromatic carbocycles. The molecule has 4 rings (SSSR count). The number of nitrogens with zero attached hydrogens (tertiary/aromatic N) is 4. The number of morpholine rings is 1. The van der Waals surface area contributed by atoms with Crippen molar-refractivity contribution >= 4 is 22.2 Å². The van der Waals surface area contributed by atoms with E-state index in [1.165, 1.54) is 6.07 Å². The van der Waals surface area contributed by atoms with Crippen molar-refractivity contribution < 1.29 is 9.13 Å². The summed E-state index contributed by atoms with van der Waals surface area (Å²) in [4.78, 5) is 4.49. The standard InChI is InChI=1S/C16H19FN4OS/c17-13-3-1-4-14(9-13)20-7-8-22-16(10-20)5-2-6-21(11-16)15-19-18-12-23-15/h1,3-4,9,12H,2,5-8,10-11H2/t16-/m0/s1. The molecule has 1 atom stereocenters. The Bertz CT molecular complexity index is 664. The summed E-state index contributed by atoms with van der Waals surface area (Å²) in [6.45, 7) is 4.05. The van der Waals surface area contributed by atoms with E-state index in [-0.39, 0.29) is 11.4 Å². The van der Waals surface area contributed by atoms with Gasteiger partial charge in [-0.05, 0) is 31.0 Å². The first-order chi connectivity index (χ1) is 11.2. The quantitative estimate of drug-likeness (QED) is 0.844. The van der Waals surface area contributed by atoms with E-state index in [1.807, 2.05) is 6.07 Å². The molecule has 3 heterocycles. The fourth-order valence-corrected chi connectivity index (χ4v) is 4.14. The summed E-state index contributed by atoms with van der Waals surface area (Å²) in [6, 6.07) is 6.82. The predicted molar refractivity (Wildman–Crippen MR) is 88.7 cm³/mol. The van der Waals surface area contributed by atoms with E-state index < -0.39 is 0 Å². The molecule has 2 aromatic rings. The predicted octanol–water partition coefficient (Wildman–Crippen LogP) is 2.55. The number of piperidine rings is 1. The minimum atomic E-state index is -0.214. The first kappa shape index (κ1) is 14.8. The molecule has 2 fully saturated rings. The lowest BCUT2D eigenvalue weighted by molar-refractivity contribution is -0.0629. The monoisotopic (exact) mass is 334 g/mol. The second-order valence-corrected chi connectivity index (χ2v) is 6.99. The third-order valence-corrected chi connectivity index (χ3v) is 5.33. The zero-order valence-corrected chi connectivity index (χ0v) is 13.6. The van der Waals surface area contributed by atoms with Gasteiger partial charge in [0.25, 0.3) is 0 Å². The van der Waals surface area contributed by atoms with E-state index in [2.05, 4.69) is 20.0 Å². The molecular formula is C16H19FN4OS. The van der Waals surface area contributed by atoms with Crippen LogP contribution in [0.25, 0.3) is 0 Å². The molecule has 0 unspecified atom stereocenters. The molecule has 2 aliphatic rings. The topological polar surface area (TPSA) is 41.5 Å². The highest BCUT2D eigenvalue weighted by Crippen LogP contribution is 2.33. The van der Waals surface area contributed by atoms with Crippen molar-refractivity contribution in [3.63, 3.8) is 0 Å². The first-order valence-electron chi connectivity index (χ1n) is 7.90. The molecule has 122 valence electrons. The summed E-state index contributed by atoms with van der Waals surface area (Å²) in [7, 11) is 0. The second-order valence-electron chi connectivity index (χ2n) is 6.18. The Labute approximate surface area is 138 Å². The molecule has 23 heavy (non-hydrogen) atoms. The fourth-order valence-electron chi connectivity index (χ4n) is 3.55. The Morgan fingerprint density at radius 2 is 2.13 bits per heavy atom. The van der Waals surface area contributed by atoms with Crippen LogP contribution in [0.3, 0.4) is 0 Å².